The van der Waals surface area contributed by atoms with Crippen LogP contribution in [-0.4, -0.2) is 15.1 Å². The number of hydrogen-bond acceptors (Lipinski definition) is 3. The van der Waals surface area contributed by atoms with Crippen LogP contribution in [0.4, 0.5) is 0 Å². The summed E-state index contributed by atoms with van der Waals surface area (Å²) in [5.74, 6) is 0. The lowest BCUT2D eigenvalue weighted by Gasteiger charge is -2.04. The van der Waals surface area contributed by atoms with Gasteiger partial charge < -0.3 is 10.1 Å². The van der Waals surface area contributed by atoms with E-state index in [1.54, 1.807) is 18.7 Å². The van der Waals surface area contributed by atoms with Gasteiger partial charge in [0.15, 0.2) is 5.16 Å². The molecule has 19 heavy (non-hydrogen) atoms. The number of nitrogens with one attached hydrogen (secondary N) is 1. The summed E-state index contributed by atoms with van der Waals surface area (Å²) < 4.78 is 0. The Balaban J connectivity index is 1.84. The third-order valence-electron chi connectivity index (χ3n) is 2.94. The molecule has 0 aliphatic heterocycles. The van der Waals surface area contributed by atoms with Crippen LogP contribution in [-0.2, 0) is 0 Å². The van der Waals surface area contributed by atoms with Crippen LogP contribution in [0.25, 0.3) is 11.0 Å². The molecular formula is C15H14N2OS. The number of aliphatic hydroxyl groups excluding tert-OH is 1. The topological polar surface area (TPSA) is 48.9 Å². The fourth-order valence-electron chi connectivity index (χ4n) is 1.90. The number of hydrogen-bond donors (Lipinski definition) is 2. The lowest BCUT2D eigenvalue weighted by molar-refractivity contribution is 0.199. The smallest absolute Gasteiger partial charge is 0.171 e. The molecule has 0 unspecified atom stereocenters. The van der Waals surface area contributed by atoms with Gasteiger partial charge in [-0.25, -0.2) is 4.98 Å². The maximum absolute atomic E-state index is 9.47. The Labute approximate surface area is 115 Å². The molecule has 0 aliphatic rings. The van der Waals surface area contributed by atoms with Crippen molar-refractivity contribution in [3.8, 4) is 0 Å². The Kier molecular flexibility index (Phi) is 3.27. The number of aliphatic hydroxyl groups is 1. The Morgan fingerprint density at radius 2 is 1.84 bits per heavy atom. The van der Waals surface area contributed by atoms with Gasteiger partial charge in [0.25, 0.3) is 0 Å². The van der Waals surface area contributed by atoms with Gasteiger partial charge in [0.2, 0.25) is 0 Å². The Morgan fingerprint density at radius 3 is 2.53 bits per heavy atom. The highest BCUT2D eigenvalue weighted by Crippen LogP contribution is 2.28. The van der Waals surface area contributed by atoms with E-state index in [0.29, 0.717) is 0 Å². The number of H-pyrrole nitrogens is 1. The third kappa shape index (κ3) is 2.64. The molecule has 1 aromatic heterocycles. The van der Waals surface area contributed by atoms with Crippen LogP contribution >= 0.6 is 11.8 Å². The molecule has 0 saturated carbocycles. The number of benzene rings is 2. The fourth-order valence-corrected chi connectivity index (χ4v) is 2.70. The summed E-state index contributed by atoms with van der Waals surface area (Å²) in [4.78, 5) is 8.91. The molecule has 4 heteroatoms. The van der Waals surface area contributed by atoms with Crippen molar-refractivity contribution in [2.75, 3.05) is 0 Å². The minimum absolute atomic E-state index is 0.426. The van der Waals surface area contributed by atoms with Crippen molar-refractivity contribution in [1.29, 1.82) is 0 Å². The number of aromatic nitrogens is 2. The van der Waals surface area contributed by atoms with Crippen LogP contribution in [0.2, 0.25) is 0 Å². The molecule has 0 spiro atoms. The molecule has 2 N–H and O–H groups in total. The first-order valence-corrected chi connectivity index (χ1v) is 6.94. The van der Waals surface area contributed by atoms with Gasteiger partial charge in [0.05, 0.1) is 17.1 Å². The second kappa shape index (κ2) is 5.07. The highest BCUT2D eigenvalue weighted by Gasteiger charge is 2.05. The minimum atomic E-state index is -0.426. The van der Waals surface area contributed by atoms with Crippen LogP contribution in [0.1, 0.15) is 18.6 Å². The first kappa shape index (κ1) is 12.3. The summed E-state index contributed by atoms with van der Waals surface area (Å²) in [6, 6.07) is 15.9. The van der Waals surface area contributed by atoms with Gasteiger partial charge in [-0.05, 0) is 36.8 Å². The molecule has 0 aliphatic carbocycles. The standard InChI is InChI=1S/C15H14N2OS/c1-10(18)11-6-8-12(9-7-11)19-15-16-13-4-2-3-5-14(13)17-15/h2-10,18H,1H3,(H,16,17)/t10-/m0/s1. The Bertz CT molecular complexity index is 656. The summed E-state index contributed by atoms with van der Waals surface area (Å²) in [7, 11) is 0. The van der Waals surface area contributed by atoms with Crippen molar-refractivity contribution in [3.63, 3.8) is 0 Å². The van der Waals surface area contributed by atoms with Crippen LogP contribution in [0.3, 0.4) is 0 Å². The molecule has 1 atom stereocenters. The monoisotopic (exact) mass is 270 g/mol. The summed E-state index contributed by atoms with van der Waals surface area (Å²) in [6.07, 6.45) is -0.426. The average molecular weight is 270 g/mol. The second-order valence-corrected chi connectivity index (χ2v) is 5.47. The lowest BCUT2D eigenvalue weighted by Crippen LogP contribution is -1.89. The van der Waals surface area contributed by atoms with Crippen molar-refractivity contribution in [1.82, 2.24) is 9.97 Å². The summed E-state index contributed by atoms with van der Waals surface area (Å²) in [5.41, 5.74) is 2.95. The highest BCUT2D eigenvalue weighted by molar-refractivity contribution is 7.99. The molecule has 3 aromatic rings. The van der Waals surface area contributed by atoms with Crippen molar-refractivity contribution in [2.45, 2.75) is 23.1 Å². The van der Waals surface area contributed by atoms with Crippen molar-refractivity contribution in [3.05, 3.63) is 54.1 Å². The van der Waals surface area contributed by atoms with Gasteiger partial charge >= 0.3 is 0 Å². The third-order valence-corrected chi connectivity index (χ3v) is 3.84. The molecule has 0 radical (unpaired) electrons. The Hall–Kier alpha value is -1.78. The fraction of sp³-hybridized carbons (Fsp3) is 0.133. The number of para-hydroxylation sites is 2. The van der Waals surface area contributed by atoms with Crippen molar-refractivity contribution in [2.24, 2.45) is 0 Å². The van der Waals surface area contributed by atoms with Crippen molar-refractivity contribution >= 4 is 22.8 Å². The number of rotatable bonds is 3. The van der Waals surface area contributed by atoms with Gasteiger partial charge in [-0.1, -0.05) is 36.0 Å². The van der Waals surface area contributed by atoms with Crippen LogP contribution in [0.5, 0.6) is 0 Å². The van der Waals surface area contributed by atoms with Crippen LogP contribution in [0, 0.1) is 0 Å². The molecule has 3 nitrogen and oxygen atoms in total. The quantitative estimate of drug-likeness (QED) is 0.761. The lowest BCUT2D eigenvalue weighted by atomic mass is 10.1. The van der Waals surface area contributed by atoms with Crippen molar-refractivity contribution < 1.29 is 5.11 Å². The van der Waals surface area contributed by atoms with E-state index in [0.717, 1.165) is 26.6 Å². The van der Waals surface area contributed by atoms with E-state index in [1.807, 2.05) is 48.5 Å². The highest BCUT2D eigenvalue weighted by atomic mass is 32.2. The van der Waals surface area contributed by atoms with E-state index < -0.39 is 6.10 Å². The number of nitrogens with zero attached hydrogens (tertiary/aromatic N) is 1. The van der Waals surface area contributed by atoms with E-state index in [-0.39, 0.29) is 0 Å². The first-order valence-electron chi connectivity index (χ1n) is 6.13. The van der Waals surface area contributed by atoms with Gasteiger partial charge in [-0.3, -0.25) is 0 Å². The maximum atomic E-state index is 9.47. The second-order valence-electron chi connectivity index (χ2n) is 4.41. The van der Waals surface area contributed by atoms with Crippen LogP contribution in [0.15, 0.2) is 58.6 Å². The zero-order valence-electron chi connectivity index (χ0n) is 10.5. The normalized spacial score (nSPS) is 12.7. The largest absolute Gasteiger partial charge is 0.389 e. The van der Waals surface area contributed by atoms with E-state index in [1.165, 1.54) is 0 Å². The van der Waals surface area contributed by atoms with E-state index >= 15 is 0 Å². The molecule has 0 bridgehead atoms. The molecule has 1 heterocycles. The van der Waals surface area contributed by atoms with Crippen LogP contribution < -0.4 is 0 Å². The zero-order chi connectivity index (χ0) is 13.2. The maximum Gasteiger partial charge on any atom is 0.171 e. The average Bonchev–Trinajstić information content (AvgIpc) is 2.81. The molecule has 2 aromatic carbocycles. The molecule has 0 amide bonds. The van der Waals surface area contributed by atoms with Gasteiger partial charge in [-0.2, -0.15) is 0 Å². The Morgan fingerprint density at radius 1 is 1.11 bits per heavy atom. The molecule has 0 saturated heterocycles. The van der Waals surface area contributed by atoms with Gasteiger partial charge in [0, 0.05) is 4.90 Å². The molecule has 0 fully saturated rings. The number of aromatic amines is 1. The van der Waals surface area contributed by atoms with E-state index in [9.17, 15) is 5.11 Å². The number of imidazole rings is 1. The van der Waals surface area contributed by atoms with E-state index in [2.05, 4.69) is 9.97 Å². The summed E-state index contributed by atoms with van der Waals surface area (Å²) in [6.45, 7) is 1.77. The predicted molar refractivity (Wildman–Crippen MR) is 77.3 cm³/mol. The number of fused-ring (bicyclic) bond motifs is 1. The van der Waals surface area contributed by atoms with Gasteiger partial charge in [0.1, 0.15) is 0 Å². The van der Waals surface area contributed by atoms with Gasteiger partial charge in [-0.15, -0.1) is 0 Å². The summed E-state index contributed by atoms with van der Waals surface area (Å²) >= 11 is 1.59. The zero-order valence-corrected chi connectivity index (χ0v) is 11.3. The predicted octanol–water partition coefficient (Wildman–Crippen LogP) is 3.77. The minimum Gasteiger partial charge on any atom is -0.389 e. The van der Waals surface area contributed by atoms with E-state index in [4.69, 9.17) is 0 Å². The molecular weight excluding hydrogens is 256 g/mol. The molecule has 3 rings (SSSR count). The first-order chi connectivity index (χ1) is 9.22. The summed E-state index contributed by atoms with van der Waals surface area (Å²) in [5, 5.41) is 10.4. The molecule has 96 valence electrons. The SMILES string of the molecule is C[C@H](O)c1ccc(Sc2nc3ccccc3[nH]2)cc1.